The van der Waals surface area contributed by atoms with Gasteiger partial charge in [0.25, 0.3) is 0 Å². The minimum atomic E-state index is -0.973. The molecule has 3 nitrogen and oxygen atoms in total. The summed E-state index contributed by atoms with van der Waals surface area (Å²) in [6.07, 6.45) is 0.556. The van der Waals surface area contributed by atoms with Crippen LogP contribution in [0.15, 0.2) is 18.2 Å². The maximum Gasteiger partial charge on any atom is 0.347 e. The van der Waals surface area contributed by atoms with Crippen molar-refractivity contribution in [3.63, 3.8) is 0 Å². The van der Waals surface area contributed by atoms with E-state index in [2.05, 4.69) is 4.98 Å². The monoisotopic (exact) mass is 301 g/mol. The van der Waals surface area contributed by atoms with Gasteiger partial charge in [0.2, 0.25) is 0 Å². The number of carboxylic acid groups (broad SMARTS) is 1. The highest BCUT2D eigenvalue weighted by molar-refractivity contribution is 7.17. The normalized spacial score (nSPS) is 10.6. The molecular formula is C12H9Cl2NO2S. The third-order valence-electron chi connectivity index (χ3n) is 2.40. The van der Waals surface area contributed by atoms with E-state index >= 15 is 0 Å². The summed E-state index contributed by atoms with van der Waals surface area (Å²) in [7, 11) is 0. The van der Waals surface area contributed by atoms with E-state index in [1.165, 1.54) is 0 Å². The van der Waals surface area contributed by atoms with Crippen LogP contribution in [-0.4, -0.2) is 16.1 Å². The van der Waals surface area contributed by atoms with Gasteiger partial charge < -0.3 is 5.11 Å². The standard InChI is InChI=1S/C12H9Cl2NO2S/c1-2-8-10(12(16)17)18-11(15-8)9-6(13)4-3-5-7(9)14/h3-5H,2H2,1H3,(H,16,17). The molecular weight excluding hydrogens is 293 g/mol. The molecule has 6 heteroatoms. The molecule has 0 spiro atoms. The van der Waals surface area contributed by atoms with Crippen LogP contribution in [0, 0.1) is 0 Å². The molecule has 94 valence electrons. The zero-order valence-electron chi connectivity index (χ0n) is 9.41. The Hall–Kier alpha value is -1.10. The second-order valence-electron chi connectivity index (χ2n) is 3.55. The molecule has 1 N–H and O–H groups in total. The van der Waals surface area contributed by atoms with E-state index in [1.54, 1.807) is 18.2 Å². The van der Waals surface area contributed by atoms with Crippen molar-refractivity contribution in [2.75, 3.05) is 0 Å². The number of hydrogen-bond donors (Lipinski definition) is 1. The van der Waals surface area contributed by atoms with Gasteiger partial charge >= 0.3 is 5.97 Å². The number of aromatic carboxylic acids is 1. The largest absolute Gasteiger partial charge is 0.477 e. The van der Waals surface area contributed by atoms with Crippen LogP contribution in [0.25, 0.3) is 10.6 Å². The van der Waals surface area contributed by atoms with Crippen LogP contribution in [-0.2, 0) is 6.42 Å². The zero-order chi connectivity index (χ0) is 13.3. The molecule has 2 aromatic rings. The number of aryl methyl sites for hydroxylation is 1. The van der Waals surface area contributed by atoms with Gasteiger partial charge in [-0.15, -0.1) is 11.3 Å². The van der Waals surface area contributed by atoms with Gasteiger partial charge in [-0.3, -0.25) is 0 Å². The predicted molar refractivity (Wildman–Crippen MR) is 73.9 cm³/mol. The first-order chi connectivity index (χ1) is 8.54. The molecule has 0 saturated heterocycles. The van der Waals surface area contributed by atoms with E-state index in [0.29, 0.717) is 32.7 Å². The Morgan fingerprint density at radius 3 is 2.44 bits per heavy atom. The number of benzene rings is 1. The van der Waals surface area contributed by atoms with Crippen LogP contribution in [0.3, 0.4) is 0 Å². The zero-order valence-corrected chi connectivity index (χ0v) is 11.7. The highest BCUT2D eigenvalue weighted by Crippen LogP contribution is 2.38. The summed E-state index contributed by atoms with van der Waals surface area (Å²) in [6, 6.07) is 5.15. The fraction of sp³-hybridized carbons (Fsp3) is 0.167. The second kappa shape index (κ2) is 5.26. The average molecular weight is 302 g/mol. The molecule has 0 fully saturated rings. The van der Waals surface area contributed by atoms with E-state index in [9.17, 15) is 4.79 Å². The number of halogens is 2. The Bertz CT molecular complexity index is 590. The number of carboxylic acids is 1. The third kappa shape index (κ3) is 2.36. The van der Waals surface area contributed by atoms with Gasteiger partial charge in [-0.1, -0.05) is 36.2 Å². The number of hydrogen-bond acceptors (Lipinski definition) is 3. The Morgan fingerprint density at radius 1 is 1.39 bits per heavy atom. The van der Waals surface area contributed by atoms with Crippen molar-refractivity contribution < 1.29 is 9.90 Å². The molecule has 0 aliphatic rings. The quantitative estimate of drug-likeness (QED) is 0.915. The first kappa shape index (κ1) is 13.3. The van der Waals surface area contributed by atoms with Crippen LogP contribution >= 0.6 is 34.5 Å². The smallest absolute Gasteiger partial charge is 0.347 e. The lowest BCUT2D eigenvalue weighted by Gasteiger charge is -2.02. The first-order valence-corrected chi connectivity index (χ1v) is 6.79. The molecule has 0 unspecified atom stereocenters. The molecule has 0 saturated carbocycles. The van der Waals surface area contributed by atoms with Crippen molar-refractivity contribution in [3.05, 3.63) is 38.8 Å². The molecule has 1 aromatic carbocycles. The highest BCUT2D eigenvalue weighted by Gasteiger charge is 2.19. The summed E-state index contributed by atoms with van der Waals surface area (Å²) in [6.45, 7) is 1.86. The lowest BCUT2D eigenvalue weighted by molar-refractivity contribution is 0.0701. The highest BCUT2D eigenvalue weighted by atomic mass is 35.5. The molecule has 0 aliphatic heterocycles. The minimum Gasteiger partial charge on any atom is -0.477 e. The van der Waals surface area contributed by atoms with Crippen LogP contribution in [0.2, 0.25) is 10.0 Å². The van der Waals surface area contributed by atoms with Crippen LogP contribution < -0.4 is 0 Å². The molecule has 2 rings (SSSR count). The van der Waals surface area contributed by atoms with Crippen LogP contribution in [0.4, 0.5) is 0 Å². The van der Waals surface area contributed by atoms with Gasteiger partial charge in [-0.05, 0) is 18.6 Å². The fourth-order valence-corrected chi connectivity index (χ4v) is 3.32. The van der Waals surface area contributed by atoms with Crippen molar-refractivity contribution in [2.24, 2.45) is 0 Å². The maximum absolute atomic E-state index is 11.1. The summed E-state index contributed by atoms with van der Waals surface area (Å²) < 4.78 is 0. The van der Waals surface area contributed by atoms with E-state index in [0.717, 1.165) is 11.3 Å². The van der Waals surface area contributed by atoms with Crippen LogP contribution in [0.5, 0.6) is 0 Å². The minimum absolute atomic E-state index is 0.239. The van der Waals surface area contributed by atoms with Crippen molar-refractivity contribution in [1.82, 2.24) is 4.98 Å². The van der Waals surface area contributed by atoms with E-state index in [1.807, 2.05) is 6.92 Å². The fourth-order valence-electron chi connectivity index (χ4n) is 1.57. The summed E-state index contributed by atoms with van der Waals surface area (Å²) in [4.78, 5) is 15.6. The van der Waals surface area contributed by atoms with E-state index in [-0.39, 0.29) is 4.88 Å². The lowest BCUT2D eigenvalue weighted by Crippen LogP contribution is -1.97. The Kier molecular flexibility index (Phi) is 3.90. The third-order valence-corrected chi connectivity index (χ3v) is 4.14. The maximum atomic E-state index is 11.1. The number of thiazole rings is 1. The summed E-state index contributed by atoms with van der Waals surface area (Å²) in [5, 5.41) is 10.6. The van der Waals surface area contributed by atoms with Crippen LogP contribution in [0.1, 0.15) is 22.3 Å². The molecule has 1 aromatic heterocycles. The molecule has 0 radical (unpaired) electrons. The second-order valence-corrected chi connectivity index (χ2v) is 5.36. The van der Waals surface area contributed by atoms with Gasteiger partial charge in [0, 0.05) is 5.56 Å². The molecule has 0 amide bonds. The number of rotatable bonds is 3. The van der Waals surface area contributed by atoms with E-state index < -0.39 is 5.97 Å². The Balaban J connectivity index is 2.62. The molecule has 0 atom stereocenters. The Morgan fingerprint density at radius 2 is 2.00 bits per heavy atom. The van der Waals surface area contributed by atoms with E-state index in [4.69, 9.17) is 28.3 Å². The van der Waals surface area contributed by atoms with Crippen molar-refractivity contribution in [1.29, 1.82) is 0 Å². The SMILES string of the molecule is CCc1nc(-c2c(Cl)cccc2Cl)sc1C(=O)O. The lowest BCUT2D eigenvalue weighted by atomic mass is 10.2. The average Bonchev–Trinajstić information content (AvgIpc) is 2.73. The Labute approximate surface area is 118 Å². The topological polar surface area (TPSA) is 50.2 Å². The van der Waals surface area contributed by atoms with Crippen molar-refractivity contribution in [3.8, 4) is 10.6 Å². The summed E-state index contributed by atoms with van der Waals surface area (Å²) >= 11 is 13.3. The van der Waals surface area contributed by atoms with Gasteiger partial charge in [0.15, 0.2) is 0 Å². The molecule has 0 bridgehead atoms. The summed E-state index contributed by atoms with van der Waals surface area (Å²) in [5.41, 5.74) is 1.14. The number of nitrogens with zero attached hydrogens (tertiary/aromatic N) is 1. The molecule has 18 heavy (non-hydrogen) atoms. The number of carbonyl (C=O) groups is 1. The first-order valence-electron chi connectivity index (χ1n) is 5.22. The van der Waals surface area contributed by atoms with Gasteiger partial charge in [-0.2, -0.15) is 0 Å². The number of aromatic nitrogens is 1. The van der Waals surface area contributed by atoms with Gasteiger partial charge in [0.05, 0.1) is 15.7 Å². The van der Waals surface area contributed by atoms with Crippen molar-refractivity contribution in [2.45, 2.75) is 13.3 Å². The predicted octanol–water partition coefficient (Wildman–Crippen LogP) is 4.38. The molecule has 1 heterocycles. The van der Waals surface area contributed by atoms with Crippen molar-refractivity contribution >= 4 is 40.5 Å². The van der Waals surface area contributed by atoms with Gasteiger partial charge in [0.1, 0.15) is 9.88 Å². The summed E-state index contributed by atoms with van der Waals surface area (Å²) in [5.74, 6) is -0.973. The molecule has 0 aliphatic carbocycles. The van der Waals surface area contributed by atoms with Gasteiger partial charge in [-0.25, -0.2) is 9.78 Å².